The Kier molecular flexibility index (Phi) is 8.38. The van der Waals surface area contributed by atoms with Gasteiger partial charge in [-0.25, -0.2) is 0 Å². The van der Waals surface area contributed by atoms with E-state index < -0.39 is 23.8 Å². The molecule has 0 aliphatic rings. The van der Waals surface area contributed by atoms with Crippen LogP contribution < -0.4 is 10.6 Å². The van der Waals surface area contributed by atoms with Gasteiger partial charge in [0.2, 0.25) is 5.91 Å². The van der Waals surface area contributed by atoms with E-state index in [1.807, 2.05) is 60.7 Å². The lowest BCUT2D eigenvalue weighted by Gasteiger charge is -2.18. The minimum Gasteiger partial charge on any atom is -0.481 e. The molecule has 0 aliphatic heterocycles. The monoisotopic (exact) mass is 440 g/mol. The van der Waals surface area contributed by atoms with Crippen LogP contribution in [-0.2, 0) is 16.1 Å². The summed E-state index contributed by atoms with van der Waals surface area (Å²) in [7, 11) is 0. The molecule has 6 nitrogen and oxygen atoms in total. The predicted octanol–water partition coefficient (Wildman–Crippen LogP) is 3.37. The van der Waals surface area contributed by atoms with Gasteiger partial charge < -0.3 is 15.7 Å². The number of benzene rings is 3. The molecule has 0 radical (unpaired) electrons. The number of carbonyl (C=O) groups is 3. The number of nitrogens with one attached hydrogen (secondary N) is 2. The molecule has 3 N–H and O–H groups in total. The lowest BCUT2D eigenvalue weighted by molar-refractivity contribution is -0.137. The minimum atomic E-state index is -1.04. The summed E-state index contributed by atoms with van der Waals surface area (Å²) >= 11 is 0. The molecule has 166 valence electrons. The Labute approximate surface area is 192 Å². The third-order valence-electron chi connectivity index (χ3n) is 4.85. The molecule has 33 heavy (non-hydrogen) atoms. The Balaban J connectivity index is 1.63. The van der Waals surface area contributed by atoms with Gasteiger partial charge in [-0.3, -0.25) is 14.4 Å². The Hall–Kier alpha value is -4.37. The smallest absolute Gasteiger partial charge is 0.303 e. The molecule has 1 atom stereocenters. The van der Waals surface area contributed by atoms with Crippen LogP contribution in [-0.4, -0.2) is 28.9 Å². The Morgan fingerprint density at radius 3 is 1.97 bits per heavy atom. The first-order valence-electron chi connectivity index (χ1n) is 10.5. The highest BCUT2D eigenvalue weighted by atomic mass is 16.4. The van der Waals surface area contributed by atoms with Gasteiger partial charge in [0, 0.05) is 29.7 Å². The van der Waals surface area contributed by atoms with Crippen LogP contribution in [0.4, 0.5) is 0 Å². The third kappa shape index (κ3) is 7.67. The first-order valence-corrected chi connectivity index (χ1v) is 10.5. The number of hydrogen-bond donors (Lipinski definition) is 3. The standard InChI is InChI=1S/C27H24N2O4/c30-25(31)18-17-24(27(33)28-19-22-9-5-2-6-10-22)29-26(32)23-15-13-21(14-16-23)12-11-20-7-3-1-4-8-20/h1-10,13-16,24H,17-19H2,(H,28,33)(H,29,32)(H,30,31)/t24-/m0/s1. The summed E-state index contributed by atoms with van der Waals surface area (Å²) in [6, 6.07) is 24.6. The van der Waals surface area contributed by atoms with Crippen molar-refractivity contribution >= 4 is 17.8 Å². The van der Waals surface area contributed by atoms with Crippen molar-refractivity contribution in [1.29, 1.82) is 0 Å². The lowest BCUT2D eigenvalue weighted by Crippen LogP contribution is -2.46. The lowest BCUT2D eigenvalue weighted by atomic mass is 10.1. The molecule has 0 aromatic heterocycles. The van der Waals surface area contributed by atoms with Crippen LogP contribution in [0.2, 0.25) is 0 Å². The summed E-state index contributed by atoms with van der Waals surface area (Å²) < 4.78 is 0. The number of carbonyl (C=O) groups excluding carboxylic acids is 2. The van der Waals surface area contributed by atoms with Gasteiger partial charge in [-0.2, -0.15) is 0 Å². The van der Waals surface area contributed by atoms with E-state index in [9.17, 15) is 14.4 Å². The van der Waals surface area contributed by atoms with Gasteiger partial charge in [-0.15, -0.1) is 0 Å². The Bertz CT molecular complexity index is 1150. The van der Waals surface area contributed by atoms with Gasteiger partial charge >= 0.3 is 5.97 Å². The van der Waals surface area contributed by atoms with Crippen LogP contribution in [0.15, 0.2) is 84.9 Å². The summed E-state index contributed by atoms with van der Waals surface area (Å²) in [5, 5.41) is 14.4. The Morgan fingerprint density at radius 1 is 0.788 bits per heavy atom. The maximum absolute atomic E-state index is 12.7. The fourth-order valence-electron chi connectivity index (χ4n) is 3.06. The van der Waals surface area contributed by atoms with Gasteiger partial charge in [0.1, 0.15) is 6.04 Å². The van der Waals surface area contributed by atoms with Gasteiger partial charge in [-0.05, 0) is 48.4 Å². The summed E-state index contributed by atoms with van der Waals surface area (Å²) in [6.07, 6.45) is -0.250. The van der Waals surface area contributed by atoms with Crippen LogP contribution in [0.3, 0.4) is 0 Å². The number of amides is 2. The highest BCUT2D eigenvalue weighted by molar-refractivity contribution is 5.97. The molecule has 0 unspecified atom stereocenters. The van der Waals surface area contributed by atoms with E-state index in [1.165, 1.54) is 0 Å². The number of carboxylic acid groups (broad SMARTS) is 1. The second-order valence-corrected chi connectivity index (χ2v) is 7.36. The van der Waals surface area contributed by atoms with Crippen LogP contribution in [0, 0.1) is 11.8 Å². The number of carboxylic acids is 1. The van der Waals surface area contributed by atoms with Crippen LogP contribution in [0.5, 0.6) is 0 Å². The molecule has 0 spiro atoms. The van der Waals surface area contributed by atoms with Crippen molar-refractivity contribution in [3.63, 3.8) is 0 Å². The average molecular weight is 440 g/mol. The first-order chi connectivity index (χ1) is 16.0. The molecule has 0 heterocycles. The zero-order valence-electron chi connectivity index (χ0n) is 18.0. The SMILES string of the molecule is O=C(O)CC[C@H](NC(=O)c1ccc(C#Cc2ccccc2)cc1)C(=O)NCc1ccccc1. The largest absolute Gasteiger partial charge is 0.481 e. The Morgan fingerprint density at radius 2 is 1.36 bits per heavy atom. The van der Waals surface area contributed by atoms with Gasteiger partial charge in [0.25, 0.3) is 5.91 Å². The average Bonchev–Trinajstić information content (AvgIpc) is 2.85. The van der Waals surface area contributed by atoms with Crippen molar-refractivity contribution in [1.82, 2.24) is 10.6 Å². The quantitative estimate of drug-likeness (QED) is 0.468. The molecule has 2 amide bonds. The number of rotatable bonds is 8. The van der Waals surface area contributed by atoms with Gasteiger partial charge in [0.15, 0.2) is 0 Å². The van der Waals surface area contributed by atoms with Crippen LogP contribution in [0.25, 0.3) is 0 Å². The predicted molar refractivity (Wildman–Crippen MR) is 125 cm³/mol. The van der Waals surface area contributed by atoms with E-state index in [1.54, 1.807) is 24.3 Å². The zero-order valence-corrected chi connectivity index (χ0v) is 18.0. The molecule has 0 aliphatic carbocycles. The van der Waals surface area contributed by atoms with E-state index in [0.717, 1.165) is 16.7 Å². The molecule has 3 aromatic carbocycles. The van der Waals surface area contributed by atoms with Crippen molar-refractivity contribution in [2.75, 3.05) is 0 Å². The van der Waals surface area contributed by atoms with E-state index in [4.69, 9.17) is 5.11 Å². The summed E-state index contributed by atoms with van der Waals surface area (Å²) in [6.45, 7) is 0.286. The van der Waals surface area contributed by atoms with Gasteiger partial charge in [0.05, 0.1) is 0 Å². The van der Waals surface area contributed by atoms with E-state index >= 15 is 0 Å². The van der Waals surface area contributed by atoms with Crippen LogP contribution >= 0.6 is 0 Å². The topological polar surface area (TPSA) is 95.5 Å². The number of hydrogen-bond acceptors (Lipinski definition) is 3. The highest BCUT2D eigenvalue weighted by Crippen LogP contribution is 2.07. The molecule has 0 saturated heterocycles. The van der Waals surface area contributed by atoms with Crippen molar-refractivity contribution in [2.24, 2.45) is 0 Å². The summed E-state index contributed by atoms with van der Waals surface area (Å²) in [5.74, 6) is 4.17. The van der Waals surface area contributed by atoms with Crippen molar-refractivity contribution < 1.29 is 19.5 Å². The van der Waals surface area contributed by atoms with Gasteiger partial charge in [-0.1, -0.05) is 60.4 Å². The number of aliphatic carboxylic acids is 1. The minimum absolute atomic E-state index is 0.0116. The third-order valence-corrected chi connectivity index (χ3v) is 4.85. The summed E-state index contributed by atoms with van der Waals surface area (Å²) in [4.78, 5) is 36.3. The van der Waals surface area contributed by atoms with Crippen molar-refractivity contribution in [3.05, 3.63) is 107 Å². The zero-order chi connectivity index (χ0) is 23.5. The highest BCUT2D eigenvalue weighted by Gasteiger charge is 2.22. The van der Waals surface area contributed by atoms with E-state index in [2.05, 4.69) is 22.5 Å². The fourth-order valence-corrected chi connectivity index (χ4v) is 3.06. The maximum atomic E-state index is 12.7. The molecule has 6 heteroatoms. The maximum Gasteiger partial charge on any atom is 0.303 e. The fraction of sp³-hybridized carbons (Fsp3) is 0.148. The molecule has 0 fully saturated rings. The second kappa shape index (κ2) is 11.9. The van der Waals surface area contributed by atoms with E-state index in [0.29, 0.717) is 5.56 Å². The van der Waals surface area contributed by atoms with Crippen molar-refractivity contribution in [3.8, 4) is 11.8 Å². The molecular weight excluding hydrogens is 416 g/mol. The molecular formula is C27H24N2O4. The van der Waals surface area contributed by atoms with Crippen LogP contribution in [0.1, 0.15) is 39.9 Å². The second-order valence-electron chi connectivity index (χ2n) is 7.36. The van der Waals surface area contributed by atoms with E-state index in [-0.39, 0.29) is 19.4 Å². The molecule has 0 bridgehead atoms. The van der Waals surface area contributed by atoms with Crippen molar-refractivity contribution in [2.45, 2.75) is 25.4 Å². The molecule has 3 aromatic rings. The normalized spacial score (nSPS) is 10.9. The molecule has 0 saturated carbocycles. The summed E-state index contributed by atoms with van der Waals surface area (Å²) in [5.41, 5.74) is 2.90. The molecule has 3 rings (SSSR count). The first kappa shape index (κ1) is 23.3.